The van der Waals surface area contributed by atoms with Gasteiger partial charge in [-0.2, -0.15) is 0 Å². The van der Waals surface area contributed by atoms with E-state index in [9.17, 15) is 15.0 Å². The van der Waals surface area contributed by atoms with Crippen molar-refractivity contribution in [3.8, 4) is 0 Å². The molecule has 2 aliphatic rings. The molecule has 0 spiro atoms. The summed E-state index contributed by atoms with van der Waals surface area (Å²) in [7, 11) is 0. The Morgan fingerprint density at radius 2 is 1.76 bits per heavy atom. The third kappa shape index (κ3) is 1.28. The van der Waals surface area contributed by atoms with Crippen LogP contribution in [0.2, 0.25) is 0 Å². The second kappa shape index (κ2) is 3.31. The summed E-state index contributed by atoms with van der Waals surface area (Å²) < 4.78 is 0. The second-order valence-corrected chi connectivity index (χ2v) is 4.95. The van der Waals surface area contributed by atoms with Crippen LogP contribution in [0, 0.1) is 0 Å². The summed E-state index contributed by atoms with van der Waals surface area (Å²) in [5.74, 6) is -0.316. The van der Waals surface area contributed by atoms with E-state index < -0.39 is 11.3 Å². The normalized spacial score (nSPS) is 30.1. The number of hydrogen-bond donors (Lipinski definition) is 3. The predicted molar refractivity (Wildman–Crippen MR) is 61.2 cm³/mol. The Kier molecular flexibility index (Phi) is 2.09. The van der Waals surface area contributed by atoms with Crippen molar-refractivity contribution in [1.82, 2.24) is 5.32 Å². The van der Waals surface area contributed by atoms with Crippen LogP contribution < -0.4 is 5.32 Å². The van der Waals surface area contributed by atoms with E-state index in [0.29, 0.717) is 24.0 Å². The molecule has 3 N–H and O–H groups in total. The van der Waals surface area contributed by atoms with Gasteiger partial charge in [0.05, 0.1) is 0 Å². The highest BCUT2D eigenvalue weighted by Crippen LogP contribution is 2.45. The number of amides is 1. The summed E-state index contributed by atoms with van der Waals surface area (Å²) in [6, 6.07) is 6.88. The van der Waals surface area contributed by atoms with Crippen molar-refractivity contribution in [3.05, 3.63) is 35.4 Å². The third-order valence-corrected chi connectivity index (χ3v) is 3.96. The van der Waals surface area contributed by atoms with Gasteiger partial charge in [0.15, 0.2) is 5.72 Å². The van der Waals surface area contributed by atoms with Gasteiger partial charge in [-0.05, 0) is 18.9 Å². The molecular formula is C13H15NO3. The van der Waals surface area contributed by atoms with Gasteiger partial charge in [-0.1, -0.05) is 31.0 Å². The average Bonchev–Trinajstić information content (AvgIpc) is 2.86. The highest BCUT2D eigenvalue weighted by atomic mass is 16.4. The Morgan fingerprint density at radius 3 is 2.47 bits per heavy atom. The van der Waals surface area contributed by atoms with Gasteiger partial charge in [0, 0.05) is 11.1 Å². The Hall–Kier alpha value is -1.39. The van der Waals surface area contributed by atoms with E-state index in [1.807, 2.05) is 0 Å². The zero-order valence-corrected chi connectivity index (χ0v) is 9.44. The van der Waals surface area contributed by atoms with Gasteiger partial charge < -0.3 is 15.5 Å². The molecule has 1 aliphatic carbocycles. The summed E-state index contributed by atoms with van der Waals surface area (Å²) in [6.45, 7) is 0. The van der Waals surface area contributed by atoms with Crippen molar-refractivity contribution in [2.75, 3.05) is 0 Å². The van der Waals surface area contributed by atoms with Crippen molar-refractivity contribution < 1.29 is 15.0 Å². The van der Waals surface area contributed by atoms with Crippen LogP contribution in [0.25, 0.3) is 0 Å². The van der Waals surface area contributed by atoms with E-state index in [0.717, 1.165) is 12.8 Å². The van der Waals surface area contributed by atoms with Gasteiger partial charge in [-0.3, -0.25) is 4.79 Å². The molecule has 0 bridgehead atoms. The zero-order valence-electron chi connectivity index (χ0n) is 9.44. The fourth-order valence-electron chi connectivity index (χ4n) is 2.98. The molecule has 1 aromatic carbocycles. The SMILES string of the molecule is O=C1NC(O)(C2(O)CCCC2)c2ccccc21. The average molecular weight is 233 g/mol. The van der Waals surface area contributed by atoms with E-state index in [2.05, 4.69) is 5.32 Å². The second-order valence-electron chi connectivity index (χ2n) is 4.95. The van der Waals surface area contributed by atoms with Gasteiger partial charge in [0.25, 0.3) is 5.91 Å². The van der Waals surface area contributed by atoms with E-state index in [-0.39, 0.29) is 5.91 Å². The number of carbonyl (C=O) groups is 1. The monoisotopic (exact) mass is 233 g/mol. The fraction of sp³-hybridized carbons (Fsp3) is 0.462. The molecule has 1 heterocycles. The molecule has 3 rings (SSSR count). The molecule has 1 aromatic rings. The molecule has 4 heteroatoms. The highest BCUT2D eigenvalue weighted by Gasteiger charge is 2.57. The van der Waals surface area contributed by atoms with Crippen LogP contribution in [0.15, 0.2) is 24.3 Å². The Balaban J connectivity index is 2.14. The van der Waals surface area contributed by atoms with Crippen LogP contribution in [0.4, 0.5) is 0 Å². The van der Waals surface area contributed by atoms with Crippen LogP contribution in [0.3, 0.4) is 0 Å². The maximum Gasteiger partial charge on any atom is 0.254 e. The molecule has 1 unspecified atom stereocenters. The van der Waals surface area contributed by atoms with Crippen molar-refractivity contribution >= 4 is 5.91 Å². The smallest absolute Gasteiger partial charge is 0.254 e. The Bertz CT molecular complexity index is 479. The van der Waals surface area contributed by atoms with E-state index >= 15 is 0 Å². The number of aliphatic hydroxyl groups is 2. The molecule has 1 atom stereocenters. The maximum absolute atomic E-state index is 11.8. The van der Waals surface area contributed by atoms with Crippen LogP contribution in [0.5, 0.6) is 0 Å². The number of carbonyl (C=O) groups excluding carboxylic acids is 1. The largest absolute Gasteiger partial charge is 0.384 e. The van der Waals surface area contributed by atoms with Gasteiger partial charge in [0.2, 0.25) is 0 Å². The molecule has 1 fully saturated rings. The minimum Gasteiger partial charge on any atom is -0.384 e. The maximum atomic E-state index is 11.8. The number of fused-ring (bicyclic) bond motifs is 1. The molecule has 1 aliphatic heterocycles. The number of benzene rings is 1. The lowest BCUT2D eigenvalue weighted by Crippen LogP contribution is -2.57. The first kappa shape index (κ1) is 10.7. The molecule has 1 saturated carbocycles. The summed E-state index contributed by atoms with van der Waals surface area (Å²) in [4.78, 5) is 11.8. The summed E-state index contributed by atoms with van der Waals surface area (Å²) in [5, 5.41) is 23.8. The van der Waals surface area contributed by atoms with Crippen molar-refractivity contribution in [3.63, 3.8) is 0 Å². The summed E-state index contributed by atoms with van der Waals surface area (Å²) in [6.07, 6.45) is 2.77. The molecule has 1 amide bonds. The quantitative estimate of drug-likeness (QED) is 0.674. The van der Waals surface area contributed by atoms with Gasteiger partial charge in [-0.15, -0.1) is 0 Å². The minimum atomic E-state index is -1.63. The number of hydrogen-bond acceptors (Lipinski definition) is 3. The van der Waals surface area contributed by atoms with Crippen LogP contribution >= 0.6 is 0 Å². The first-order valence-electron chi connectivity index (χ1n) is 5.94. The topological polar surface area (TPSA) is 69.6 Å². The molecule has 4 nitrogen and oxygen atoms in total. The third-order valence-electron chi connectivity index (χ3n) is 3.96. The number of rotatable bonds is 1. The zero-order chi connectivity index (χ0) is 12.1. The van der Waals surface area contributed by atoms with Crippen molar-refractivity contribution in [1.29, 1.82) is 0 Å². The summed E-state index contributed by atoms with van der Waals surface area (Å²) in [5.41, 5.74) is -1.92. The first-order chi connectivity index (χ1) is 8.07. The Morgan fingerprint density at radius 1 is 1.12 bits per heavy atom. The molecule has 17 heavy (non-hydrogen) atoms. The van der Waals surface area contributed by atoms with Gasteiger partial charge in [0.1, 0.15) is 5.60 Å². The first-order valence-corrected chi connectivity index (χ1v) is 5.94. The summed E-state index contributed by atoms with van der Waals surface area (Å²) >= 11 is 0. The Labute approximate surface area is 99.3 Å². The minimum absolute atomic E-state index is 0.316. The van der Waals surface area contributed by atoms with E-state index in [4.69, 9.17) is 0 Å². The highest BCUT2D eigenvalue weighted by molar-refractivity contribution is 5.99. The molecule has 0 radical (unpaired) electrons. The van der Waals surface area contributed by atoms with Crippen LogP contribution in [-0.2, 0) is 5.72 Å². The van der Waals surface area contributed by atoms with Gasteiger partial charge in [-0.25, -0.2) is 0 Å². The predicted octanol–water partition coefficient (Wildman–Crippen LogP) is 0.880. The van der Waals surface area contributed by atoms with Gasteiger partial charge >= 0.3 is 0 Å². The molecule has 0 aromatic heterocycles. The lowest BCUT2D eigenvalue weighted by molar-refractivity contribution is -0.163. The van der Waals surface area contributed by atoms with Crippen molar-refractivity contribution in [2.24, 2.45) is 0 Å². The van der Waals surface area contributed by atoms with Crippen LogP contribution in [0.1, 0.15) is 41.6 Å². The van der Waals surface area contributed by atoms with E-state index in [1.54, 1.807) is 24.3 Å². The number of nitrogens with one attached hydrogen (secondary N) is 1. The fourth-order valence-corrected chi connectivity index (χ4v) is 2.98. The molecular weight excluding hydrogens is 218 g/mol. The van der Waals surface area contributed by atoms with E-state index in [1.165, 1.54) is 0 Å². The lowest BCUT2D eigenvalue weighted by atomic mass is 9.84. The van der Waals surface area contributed by atoms with Crippen LogP contribution in [-0.4, -0.2) is 21.7 Å². The molecule has 90 valence electrons. The lowest BCUT2D eigenvalue weighted by Gasteiger charge is -2.38. The molecule has 0 saturated heterocycles. The van der Waals surface area contributed by atoms with Crippen molar-refractivity contribution in [2.45, 2.75) is 37.0 Å². The standard InChI is InChI=1S/C13H15NO3/c15-11-9-5-1-2-6-10(9)13(17,14-11)12(16)7-3-4-8-12/h1-2,5-6,16-17H,3-4,7-8H2,(H,14,15).